The summed E-state index contributed by atoms with van der Waals surface area (Å²) in [5.74, 6) is 2.36. The topological polar surface area (TPSA) is 56.3 Å². The van der Waals surface area contributed by atoms with Crippen molar-refractivity contribution in [3.8, 4) is 17.5 Å². The Hall–Kier alpha value is -2.40. The molecule has 154 valence electrons. The van der Waals surface area contributed by atoms with E-state index < -0.39 is 0 Å². The SMILES string of the molecule is C=C(C)c1cc(C(C)C)ccc1Oc1ncnc(OC2CC3CCC(C2)N3)c1C. The lowest BCUT2D eigenvalue weighted by molar-refractivity contribution is 0.130. The van der Waals surface area contributed by atoms with Crippen LogP contribution in [-0.4, -0.2) is 28.2 Å². The normalized spacial score (nSPS) is 23.3. The second kappa shape index (κ2) is 8.15. The molecule has 2 unspecified atom stereocenters. The van der Waals surface area contributed by atoms with Gasteiger partial charge in [0, 0.05) is 17.6 Å². The fourth-order valence-corrected chi connectivity index (χ4v) is 4.33. The van der Waals surface area contributed by atoms with E-state index in [0.29, 0.717) is 29.8 Å². The highest BCUT2D eigenvalue weighted by Gasteiger charge is 2.35. The molecule has 4 rings (SSSR count). The van der Waals surface area contributed by atoms with Gasteiger partial charge in [-0.3, -0.25) is 0 Å². The number of benzene rings is 1. The Kier molecular flexibility index (Phi) is 5.59. The van der Waals surface area contributed by atoms with Gasteiger partial charge in [-0.15, -0.1) is 0 Å². The standard InChI is InChI=1S/C24H31N3O2/c1-14(2)17-6-9-22(21(10-17)15(3)4)29-24-16(5)23(25-13-26-24)28-20-11-18-7-8-19(12-20)27-18/h6,9-10,13-14,18-20,27H,3,7-8,11-12H2,1-2,4-5H3. The summed E-state index contributed by atoms with van der Waals surface area (Å²) in [5.41, 5.74) is 4.07. The zero-order valence-corrected chi connectivity index (χ0v) is 17.9. The highest BCUT2D eigenvalue weighted by atomic mass is 16.5. The Bertz CT molecular complexity index is 897. The van der Waals surface area contributed by atoms with Crippen molar-refractivity contribution in [1.29, 1.82) is 0 Å². The van der Waals surface area contributed by atoms with Crippen LogP contribution in [0.3, 0.4) is 0 Å². The third-order valence-electron chi connectivity index (χ3n) is 6.04. The van der Waals surface area contributed by atoms with E-state index in [4.69, 9.17) is 9.47 Å². The number of nitrogens with one attached hydrogen (secondary N) is 1. The van der Waals surface area contributed by atoms with Crippen LogP contribution in [0, 0.1) is 6.92 Å². The van der Waals surface area contributed by atoms with Gasteiger partial charge in [0.1, 0.15) is 18.2 Å². The Labute approximate surface area is 173 Å². The molecule has 0 aliphatic carbocycles. The number of aromatic nitrogens is 2. The summed E-state index contributed by atoms with van der Waals surface area (Å²) in [6.07, 6.45) is 6.29. The van der Waals surface area contributed by atoms with Crippen molar-refractivity contribution in [3.05, 3.63) is 47.8 Å². The van der Waals surface area contributed by atoms with Crippen molar-refractivity contribution in [2.75, 3.05) is 0 Å². The maximum atomic E-state index is 6.28. The molecular formula is C24H31N3O2. The van der Waals surface area contributed by atoms with Crippen molar-refractivity contribution >= 4 is 5.57 Å². The molecule has 2 bridgehead atoms. The summed E-state index contributed by atoms with van der Waals surface area (Å²) in [6.45, 7) is 12.5. The van der Waals surface area contributed by atoms with Gasteiger partial charge in [-0.05, 0) is 68.7 Å². The zero-order chi connectivity index (χ0) is 20.5. The minimum Gasteiger partial charge on any atom is -0.474 e. The number of hydrogen-bond acceptors (Lipinski definition) is 5. The van der Waals surface area contributed by atoms with Crippen LogP contribution >= 0.6 is 0 Å². The largest absolute Gasteiger partial charge is 0.474 e. The minimum atomic E-state index is 0.200. The first kappa shape index (κ1) is 19.9. The van der Waals surface area contributed by atoms with Crippen molar-refractivity contribution in [2.24, 2.45) is 0 Å². The first-order valence-electron chi connectivity index (χ1n) is 10.6. The van der Waals surface area contributed by atoms with Gasteiger partial charge in [0.25, 0.3) is 0 Å². The number of rotatable bonds is 6. The highest BCUT2D eigenvalue weighted by molar-refractivity contribution is 5.68. The molecule has 29 heavy (non-hydrogen) atoms. The lowest BCUT2D eigenvalue weighted by Crippen LogP contribution is -2.42. The second-order valence-corrected chi connectivity index (χ2v) is 8.75. The molecule has 0 amide bonds. The smallest absolute Gasteiger partial charge is 0.229 e. The van der Waals surface area contributed by atoms with E-state index in [2.05, 4.69) is 47.8 Å². The van der Waals surface area contributed by atoms with Gasteiger partial charge < -0.3 is 14.8 Å². The Morgan fingerprint density at radius 1 is 1.14 bits per heavy atom. The average molecular weight is 394 g/mol. The molecule has 0 spiro atoms. The number of fused-ring (bicyclic) bond motifs is 2. The molecule has 2 fully saturated rings. The summed E-state index contributed by atoms with van der Waals surface area (Å²) < 4.78 is 12.5. The molecule has 1 N–H and O–H groups in total. The Balaban J connectivity index is 1.55. The van der Waals surface area contributed by atoms with E-state index in [1.165, 1.54) is 24.7 Å². The van der Waals surface area contributed by atoms with Crippen LogP contribution in [0.15, 0.2) is 31.1 Å². The van der Waals surface area contributed by atoms with E-state index >= 15 is 0 Å². The predicted octanol–water partition coefficient (Wildman–Crippen LogP) is 5.40. The van der Waals surface area contributed by atoms with Crippen molar-refractivity contribution in [1.82, 2.24) is 15.3 Å². The van der Waals surface area contributed by atoms with Crippen LogP contribution in [0.5, 0.6) is 17.5 Å². The number of piperidine rings is 1. The van der Waals surface area contributed by atoms with Crippen LogP contribution < -0.4 is 14.8 Å². The number of allylic oxidation sites excluding steroid dienone is 1. The molecule has 1 aromatic carbocycles. The van der Waals surface area contributed by atoms with Gasteiger partial charge in [0.2, 0.25) is 11.8 Å². The fraction of sp³-hybridized carbons (Fsp3) is 0.500. The molecule has 2 atom stereocenters. The van der Waals surface area contributed by atoms with E-state index in [9.17, 15) is 0 Å². The maximum absolute atomic E-state index is 6.28. The van der Waals surface area contributed by atoms with Crippen molar-refractivity contribution in [3.63, 3.8) is 0 Å². The summed E-state index contributed by atoms with van der Waals surface area (Å²) >= 11 is 0. The predicted molar refractivity (Wildman–Crippen MR) is 116 cm³/mol. The molecule has 2 saturated heterocycles. The van der Waals surface area contributed by atoms with Gasteiger partial charge in [0.05, 0.1) is 5.56 Å². The maximum Gasteiger partial charge on any atom is 0.229 e. The van der Waals surface area contributed by atoms with Crippen LogP contribution in [0.1, 0.15) is 69.1 Å². The van der Waals surface area contributed by atoms with Crippen LogP contribution in [-0.2, 0) is 0 Å². The van der Waals surface area contributed by atoms with E-state index in [1.807, 2.05) is 19.9 Å². The molecular weight excluding hydrogens is 362 g/mol. The third-order valence-corrected chi connectivity index (χ3v) is 6.04. The molecule has 0 radical (unpaired) electrons. The first-order chi connectivity index (χ1) is 13.9. The average Bonchev–Trinajstić information content (AvgIpc) is 3.03. The van der Waals surface area contributed by atoms with E-state index in [1.54, 1.807) is 0 Å². The van der Waals surface area contributed by atoms with Crippen molar-refractivity contribution in [2.45, 2.75) is 77.5 Å². The van der Waals surface area contributed by atoms with Gasteiger partial charge in [-0.25, -0.2) is 9.97 Å². The lowest BCUT2D eigenvalue weighted by Gasteiger charge is -2.29. The first-order valence-corrected chi connectivity index (χ1v) is 10.6. The molecule has 3 heterocycles. The van der Waals surface area contributed by atoms with Crippen molar-refractivity contribution < 1.29 is 9.47 Å². The quantitative estimate of drug-likeness (QED) is 0.712. The van der Waals surface area contributed by atoms with E-state index in [-0.39, 0.29) is 6.10 Å². The van der Waals surface area contributed by atoms with Gasteiger partial charge in [-0.2, -0.15) is 0 Å². The summed E-state index contributed by atoms with van der Waals surface area (Å²) in [4.78, 5) is 8.76. The summed E-state index contributed by atoms with van der Waals surface area (Å²) in [7, 11) is 0. The Morgan fingerprint density at radius 2 is 1.83 bits per heavy atom. The summed E-state index contributed by atoms with van der Waals surface area (Å²) in [5, 5.41) is 3.65. The highest BCUT2D eigenvalue weighted by Crippen LogP contribution is 2.35. The van der Waals surface area contributed by atoms with Gasteiger partial charge >= 0.3 is 0 Å². The molecule has 2 aliphatic rings. The fourth-order valence-electron chi connectivity index (χ4n) is 4.33. The monoisotopic (exact) mass is 393 g/mol. The number of ether oxygens (including phenoxy) is 2. The Morgan fingerprint density at radius 3 is 2.48 bits per heavy atom. The molecule has 2 aromatic rings. The summed E-state index contributed by atoms with van der Waals surface area (Å²) in [6, 6.07) is 7.42. The molecule has 2 aliphatic heterocycles. The second-order valence-electron chi connectivity index (χ2n) is 8.75. The van der Waals surface area contributed by atoms with Crippen LogP contribution in [0.4, 0.5) is 0 Å². The molecule has 0 saturated carbocycles. The minimum absolute atomic E-state index is 0.200. The molecule has 1 aromatic heterocycles. The number of nitrogens with zero attached hydrogens (tertiary/aromatic N) is 2. The van der Waals surface area contributed by atoms with Crippen LogP contribution in [0.2, 0.25) is 0 Å². The number of hydrogen-bond donors (Lipinski definition) is 1. The molecule has 5 heteroatoms. The zero-order valence-electron chi connectivity index (χ0n) is 17.9. The molecule has 5 nitrogen and oxygen atoms in total. The lowest BCUT2D eigenvalue weighted by atomic mass is 9.98. The third kappa shape index (κ3) is 4.30. The van der Waals surface area contributed by atoms with E-state index in [0.717, 1.165) is 35.3 Å². The van der Waals surface area contributed by atoms with Crippen LogP contribution in [0.25, 0.3) is 5.57 Å². The van der Waals surface area contributed by atoms with Gasteiger partial charge in [0.15, 0.2) is 0 Å². The van der Waals surface area contributed by atoms with Gasteiger partial charge in [-0.1, -0.05) is 26.5 Å².